The monoisotopic (exact) mass is 258 g/mol. The molecule has 0 unspecified atom stereocenters. The Labute approximate surface area is 114 Å². The average molecular weight is 258 g/mol. The largest absolute Gasteiger partial charge is 0.423 e. The van der Waals surface area contributed by atoms with Crippen molar-refractivity contribution in [3.63, 3.8) is 0 Å². The molecule has 0 aliphatic carbocycles. The lowest BCUT2D eigenvalue weighted by molar-refractivity contribution is 0.560. The third kappa shape index (κ3) is 4.23. The van der Waals surface area contributed by atoms with Gasteiger partial charge in [0.15, 0.2) is 0 Å². The van der Waals surface area contributed by atoms with Crippen molar-refractivity contribution in [2.75, 3.05) is 0 Å². The quantitative estimate of drug-likeness (QED) is 0.532. The molecular weight excluding hydrogens is 236 g/mol. The van der Waals surface area contributed by atoms with Gasteiger partial charge in [0, 0.05) is 11.5 Å². The van der Waals surface area contributed by atoms with E-state index in [0.29, 0.717) is 5.58 Å². The Morgan fingerprint density at radius 1 is 0.947 bits per heavy atom. The molecule has 1 heterocycles. The molecule has 0 saturated heterocycles. The summed E-state index contributed by atoms with van der Waals surface area (Å²) in [5.74, 6) is 0. The van der Waals surface area contributed by atoms with Crippen LogP contribution in [0.15, 0.2) is 39.5 Å². The normalized spacial score (nSPS) is 11.0. The third-order valence-corrected chi connectivity index (χ3v) is 3.50. The molecule has 0 aliphatic rings. The fraction of sp³-hybridized carbons (Fsp3) is 0.471. The highest BCUT2D eigenvalue weighted by Crippen LogP contribution is 2.16. The van der Waals surface area contributed by atoms with Crippen LogP contribution in [0.2, 0.25) is 0 Å². The summed E-state index contributed by atoms with van der Waals surface area (Å²) >= 11 is 0. The number of rotatable bonds is 7. The van der Waals surface area contributed by atoms with Crippen LogP contribution in [-0.2, 0) is 6.42 Å². The van der Waals surface area contributed by atoms with Gasteiger partial charge in [-0.2, -0.15) is 0 Å². The maximum Gasteiger partial charge on any atom is 0.336 e. The predicted molar refractivity (Wildman–Crippen MR) is 79.6 cm³/mol. The van der Waals surface area contributed by atoms with E-state index in [2.05, 4.69) is 19.1 Å². The first-order chi connectivity index (χ1) is 9.29. The van der Waals surface area contributed by atoms with E-state index in [1.807, 2.05) is 12.1 Å². The van der Waals surface area contributed by atoms with Crippen molar-refractivity contribution >= 4 is 11.0 Å². The second-order valence-corrected chi connectivity index (χ2v) is 5.14. The zero-order valence-electron chi connectivity index (χ0n) is 11.7. The van der Waals surface area contributed by atoms with Gasteiger partial charge in [0.25, 0.3) is 0 Å². The Kier molecular flexibility index (Phi) is 5.20. The highest BCUT2D eigenvalue weighted by molar-refractivity contribution is 5.76. The van der Waals surface area contributed by atoms with Gasteiger partial charge >= 0.3 is 5.63 Å². The molecule has 0 amide bonds. The van der Waals surface area contributed by atoms with Gasteiger partial charge in [-0.1, -0.05) is 45.1 Å². The molecule has 0 aliphatic heterocycles. The highest BCUT2D eigenvalue weighted by Gasteiger charge is 1.99. The van der Waals surface area contributed by atoms with E-state index < -0.39 is 0 Å². The van der Waals surface area contributed by atoms with Crippen LogP contribution in [0.3, 0.4) is 0 Å². The van der Waals surface area contributed by atoms with Crippen LogP contribution in [0.25, 0.3) is 11.0 Å². The van der Waals surface area contributed by atoms with Crippen molar-refractivity contribution in [2.24, 2.45) is 0 Å². The van der Waals surface area contributed by atoms with Gasteiger partial charge in [-0.25, -0.2) is 4.79 Å². The van der Waals surface area contributed by atoms with E-state index in [-0.39, 0.29) is 5.63 Å². The van der Waals surface area contributed by atoms with E-state index in [1.165, 1.54) is 50.2 Å². The smallest absolute Gasteiger partial charge is 0.336 e. The first kappa shape index (κ1) is 13.9. The Balaban J connectivity index is 1.87. The van der Waals surface area contributed by atoms with E-state index in [0.717, 1.165) is 11.8 Å². The minimum absolute atomic E-state index is 0.281. The van der Waals surface area contributed by atoms with Crippen molar-refractivity contribution in [1.29, 1.82) is 0 Å². The molecule has 0 saturated carbocycles. The Morgan fingerprint density at radius 2 is 1.74 bits per heavy atom. The molecule has 0 atom stereocenters. The molecule has 102 valence electrons. The molecule has 0 N–H and O–H groups in total. The van der Waals surface area contributed by atoms with Crippen molar-refractivity contribution in [3.8, 4) is 0 Å². The van der Waals surface area contributed by atoms with E-state index in [9.17, 15) is 4.79 Å². The average Bonchev–Trinajstić information content (AvgIpc) is 2.43. The zero-order chi connectivity index (χ0) is 13.5. The second-order valence-electron chi connectivity index (χ2n) is 5.14. The minimum atomic E-state index is -0.281. The van der Waals surface area contributed by atoms with Gasteiger partial charge in [0.05, 0.1) is 0 Å². The van der Waals surface area contributed by atoms with Gasteiger partial charge in [-0.3, -0.25) is 0 Å². The lowest BCUT2D eigenvalue weighted by Crippen LogP contribution is -1.95. The molecule has 1 aromatic heterocycles. The molecule has 0 spiro atoms. The molecule has 0 fully saturated rings. The number of hydrogen-bond donors (Lipinski definition) is 0. The SMILES string of the molecule is CCCCCCCCc1ccc2oc(=O)ccc2c1. The van der Waals surface area contributed by atoms with Crippen LogP contribution < -0.4 is 5.63 Å². The topological polar surface area (TPSA) is 30.2 Å². The molecule has 2 heteroatoms. The summed E-state index contributed by atoms with van der Waals surface area (Å²) in [6.45, 7) is 2.24. The Morgan fingerprint density at radius 3 is 2.58 bits per heavy atom. The maximum atomic E-state index is 11.1. The van der Waals surface area contributed by atoms with Gasteiger partial charge in [0.1, 0.15) is 5.58 Å². The highest BCUT2D eigenvalue weighted by atomic mass is 16.4. The molecule has 1 aromatic carbocycles. The van der Waals surface area contributed by atoms with Crippen LogP contribution in [0, 0.1) is 0 Å². The summed E-state index contributed by atoms with van der Waals surface area (Å²) in [5.41, 5.74) is 1.73. The van der Waals surface area contributed by atoms with Crippen molar-refractivity contribution in [2.45, 2.75) is 51.9 Å². The molecule has 2 nitrogen and oxygen atoms in total. The summed E-state index contributed by atoms with van der Waals surface area (Å²) in [7, 11) is 0. The van der Waals surface area contributed by atoms with Crippen molar-refractivity contribution in [3.05, 3.63) is 46.3 Å². The van der Waals surface area contributed by atoms with Gasteiger partial charge in [-0.15, -0.1) is 0 Å². The maximum absolute atomic E-state index is 11.1. The lowest BCUT2D eigenvalue weighted by Gasteiger charge is -2.03. The van der Waals surface area contributed by atoms with Gasteiger partial charge < -0.3 is 4.42 Å². The van der Waals surface area contributed by atoms with Crippen molar-refractivity contribution < 1.29 is 4.42 Å². The van der Waals surface area contributed by atoms with Crippen LogP contribution in [0.5, 0.6) is 0 Å². The zero-order valence-corrected chi connectivity index (χ0v) is 11.7. The van der Waals surface area contributed by atoms with E-state index in [4.69, 9.17) is 4.42 Å². The van der Waals surface area contributed by atoms with E-state index in [1.54, 1.807) is 0 Å². The fourth-order valence-electron chi connectivity index (χ4n) is 2.39. The summed E-state index contributed by atoms with van der Waals surface area (Å²) in [5, 5.41) is 1.02. The molecule has 0 radical (unpaired) electrons. The van der Waals surface area contributed by atoms with Gasteiger partial charge in [0.2, 0.25) is 0 Å². The Bertz CT molecular complexity index is 569. The van der Waals surface area contributed by atoms with Crippen LogP contribution in [0.4, 0.5) is 0 Å². The summed E-state index contributed by atoms with van der Waals surface area (Å²) in [6.07, 6.45) is 9.02. The third-order valence-electron chi connectivity index (χ3n) is 3.50. The summed E-state index contributed by atoms with van der Waals surface area (Å²) < 4.78 is 5.13. The van der Waals surface area contributed by atoms with E-state index >= 15 is 0 Å². The summed E-state index contributed by atoms with van der Waals surface area (Å²) in [6, 6.07) is 9.42. The first-order valence-corrected chi connectivity index (χ1v) is 7.32. The number of fused-ring (bicyclic) bond motifs is 1. The summed E-state index contributed by atoms with van der Waals surface area (Å²) in [4.78, 5) is 11.1. The molecule has 19 heavy (non-hydrogen) atoms. The van der Waals surface area contributed by atoms with Crippen molar-refractivity contribution in [1.82, 2.24) is 0 Å². The number of unbranched alkanes of at least 4 members (excludes halogenated alkanes) is 5. The first-order valence-electron chi connectivity index (χ1n) is 7.32. The lowest BCUT2D eigenvalue weighted by atomic mass is 10.0. The number of benzene rings is 1. The van der Waals surface area contributed by atoms with Gasteiger partial charge in [-0.05, 0) is 36.6 Å². The van der Waals surface area contributed by atoms with Crippen LogP contribution in [-0.4, -0.2) is 0 Å². The molecular formula is C17H22O2. The molecule has 2 aromatic rings. The fourth-order valence-corrected chi connectivity index (χ4v) is 2.39. The van der Waals surface area contributed by atoms with Crippen LogP contribution >= 0.6 is 0 Å². The minimum Gasteiger partial charge on any atom is -0.423 e. The van der Waals surface area contributed by atoms with Crippen LogP contribution in [0.1, 0.15) is 51.0 Å². The number of hydrogen-bond acceptors (Lipinski definition) is 2. The molecule has 2 rings (SSSR count). The Hall–Kier alpha value is -1.57. The second kappa shape index (κ2) is 7.13. The molecule has 0 bridgehead atoms. The standard InChI is InChI=1S/C17H22O2/c1-2-3-4-5-6-7-8-14-9-11-16-15(13-14)10-12-17(18)19-16/h9-13H,2-8H2,1H3. The predicted octanol–water partition coefficient (Wildman–Crippen LogP) is 4.70. The number of aryl methyl sites for hydroxylation is 1.